The number of hydrogen-bond acceptors (Lipinski definition) is 6. The molecule has 0 spiro atoms. The highest BCUT2D eigenvalue weighted by atomic mass is 79.9. The highest BCUT2D eigenvalue weighted by Crippen LogP contribution is 2.30. The van der Waals surface area contributed by atoms with E-state index in [4.69, 9.17) is 4.98 Å². The molecule has 1 atom stereocenters. The van der Waals surface area contributed by atoms with E-state index in [9.17, 15) is 5.11 Å². The summed E-state index contributed by atoms with van der Waals surface area (Å²) in [6, 6.07) is 2.27. The number of halogens is 1. The van der Waals surface area contributed by atoms with E-state index in [-0.39, 0.29) is 6.61 Å². The standard InChI is InChI=1S/C18H23BrN6O/c1-3-13(11-20-2)22-17-10-16(23-18-15(19)12-21-25(17)18)24-8-5-4-6-14(24)7-9-26/h3,10-12,14,22,26H,1-2,4-9H2/b13-11+. The molecule has 0 radical (unpaired) electrons. The van der Waals surface area contributed by atoms with Crippen LogP contribution in [-0.2, 0) is 0 Å². The normalized spacial score (nSPS) is 18.2. The Labute approximate surface area is 161 Å². The average molecular weight is 419 g/mol. The molecule has 138 valence electrons. The van der Waals surface area contributed by atoms with Crippen LogP contribution in [0.2, 0.25) is 0 Å². The van der Waals surface area contributed by atoms with E-state index < -0.39 is 0 Å². The number of aliphatic hydroxyl groups excluding tert-OH is 1. The van der Waals surface area contributed by atoms with Crippen LogP contribution in [-0.4, -0.2) is 45.6 Å². The predicted octanol–water partition coefficient (Wildman–Crippen LogP) is 3.37. The van der Waals surface area contributed by atoms with Gasteiger partial charge >= 0.3 is 0 Å². The second-order valence-electron chi connectivity index (χ2n) is 6.18. The van der Waals surface area contributed by atoms with Crippen molar-refractivity contribution in [2.75, 3.05) is 23.4 Å². The van der Waals surface area contributed by atoms with Crippen molar-refractivity contribution in [1.29, 1.82) is 0 Å². The molecule has 0 aromatic carbocycles. The molecule has 2 N–H and O–H groups in total. The largest absolute Gasteiger partial charge is 0.396 e. The van der Waals surface area contributed by atoms with Gasteiger partial charge in [-0.25, -0.2) is 4.98 Å². The Bertz CT molecular complexity index is 828. The molecule has 0 bridgehead atoms. The number of aromatic nitrogens is 3. The number of rotatable bonds is 7. The minimum atomic E-state index is 0.180. The SMILES string of the molecule is C=C/C(=C\N=C)Nc1cc(N2CCCCC2CCO)nc2c(Br)cnn12. The van der Waals surface area contributed by atoms with E-state index in [0.717, 1.165) is 53.3 Å². The summed E-state index contributed by atoms with van der Waals surface area (Å²) in [7, 11) is 0. The number of piperidine rings is 1. The fourth-order valence-electron chi connectivity index (χ4n) is 3.29. The fourth-order valence-corrected chi connectivity index (χ4v) is 3.64. The Balaban J connectivity index is 2.05. The Morgan fingerprint density at radius 3 is 3.08 bits per heavy atom. The Morgan fingerprint density at radius 2 is 2.35 bits per heavy atom. The fraction of sp³-hybridized carbons (Fsp3) is 0.389. The van der Waals surface area contributed by atoms with Gasteiger partial charge in [-0.15, -0.1) is 0 Å². The molecule has 2 aromatic heterocycles. The van der Waals surface area contributed by atoms with Crippen molar-refractivity contribution in [2.24, 2.45) is 4.99 Å². The molecule has 0 amide bonds. The van der Waals surface area contributed by atoms with E-state index in [1.54, 1.807) is 23.0 Å². The molecule has 8 heteroatoms. The minimum Gasteiger partial charge on any atom is -0.396 e. The third kappa shape index (κ3) is 3.81. The lowest BCUT2D eigenvalue weighted by Gasteiger charge is -2.36. The van der Waals surface area contributed by atoms with Crippen molar-refractivity contribution >= 4 is 39.9 Å². The van der Waals surface area contributed by atoms with Crippen LogP contribution in [0, 0.1) is 0 Å². The zero-order valence-corrected chi connectivity index (χ0v) is 16.2. The second-order valence-corrected chi connectivity index (χ2v) is 7.03. The molecular formula is C18H23BrN6O. The summed E-state index contributed by atoms with van der Waals surface area (Å²) in [5.41, 5.74) is 1.45. The van der Waals surface area contributed by atoms with Gasteiger partial charge in [-0.1, -0.05) is 6.58 Å². The number of allylic oxidation sites excluding steroid dienone is 1. The molecule has 1 saturated heterocycles. The molecule has 1 unspecified atom stereocenters. The van der Waals surface area contributed by atoms with Crippen molar-refractivity contribution in [3.8, 4) is 0 Å². The van der Waals surface area contributed by atoms with Crippen LogP contribution in [0.4, 0.5) is 11.6 Å². The maximum atomic E-state index is 9.41. The number of hydrogen-bond donors (Lipinski definition) is 2. The highest BCUT2D eigenvalue weighted by Gasteiger charge is 2.24. The van der Waals surface area contributed by atoms with Gasteiger partial charge in [-0.05, 0) is 54.4 Å². The average Bonchev–Trinajstić information content (AvgIpc) is 3.03. The minimum absolute atomic E-state index is 0.180. The van der Waals surface area contributed by atoms with Crippen LogP contribution >= 0.6 is 15.9 Å². The molecule has 1 aliphatic heterocycles. The quantitative estimate of drug-likeness (QED) is 0.532. The summed E-state index contributed by atoms with van der Waals surface area (Å²) in [5.74, 6) is 1.63. The molecule has 2 aromatic rings. The maximum absolute atomic E-state index is 9.41. The van der Waals surface area contributed by atoms with Gasteiger partial charge in [0.05, 0.1) is 16.4 Å². The molecule has 7 nitrogen and oxygen atoms in total. The highest BCUT2D eigenvalue weighted by molar-refractivity contribution is 9.10. The van der Waals surface area contributed by atoms with E-state index in [0.29, 0.717) is 6.04 Å². The molecular weight excluding hydrogens is 396 g/mol. The van der Waals surface area contributed by atoms with Crippen LogP contribution < -0.4 is 10.2 Å². The zero-order valence-electron chi connectivity index (χ0n) is 14.6. The van der Waals surface area contributed by atoms with Gasteiger partial charge < -0.3 is 15.3 Å². The number of aliphatic imine (C=N–C) groups is 1. The number of anilines is 2. The van der Waals surface area contributed by atoms with E-state index >= 15 is 0 Å². The summed E-state index contributed by atoms with van der Waals surface area (Å²) in [5, 5.41) is 17.1. The maximum Gasteiger partial charge on any atom is 0.173 e. The van der Waals surface area contributed by atoms with Gasteiger partial charge in [-0.2, -0.15) is 9.61 Å². The van der Waals surface area contributed by atoms with Crippen molar-refractivity contribution in [3.05, 3.63) is 41.3 Å². The smallest absolute Gasteiger partial charge is 0.173 e. The number of aliphatic hydroxyl groups is 1. The molecule has 0 saturated carbocycles. The number of nitrogens with zero attached hydrogens (tertiary/aromatic N) is 5. The predicted molar refractivity (Wildman–Crippen MR) is 109 cm³/mol. The third-order valence-corrected chi connectivity index (χ3v) is 5.08. The van der Waals surface area contributed by atoms with E-state index in [2.05, 4.69) is 49.5 Å². The van der Waals surface area contributed by atoms with Crippen LogP contribution in [0.3, 0.4) is 0 Å². The van der Waals surface area contributed by atoms with Gasteiger partial charge in [-0.3, -0.25) is 4.99 Å². The lowest BCUT2D eigenvalue weighted by atomic mass is 9.99. The van der Waals surface area contributed by atoms with Gasteiger partial charge in [0, 0.05) is 31.5 Å². The molecule has 1 aliphatic rings. The van der Waals surface area contributed by atoms with Crippen molar-refractivity contribution in [1.82, 2.24) is 14.6 Å². The first-order valence-electron chi connectivity index (χ1n) is 8.65. The van der Waals surface area contributed by atoms with Crippen molar-refractivity contribution in [2.45, 2.75) is 31.7 Å². The third-order valence-electron chi connectivity index (χ3n) is 4.52. The molecule has 3 heterocycles. The monoisotopic (exact) mass is 418 g/mol. The summed E-state index contributed by atoms with van der Waals surface area (Å²) >= 11 is 3.52. The summed E-state index contributed by atoms with van der Waals surface area (Å²) in [4.78, 5) is 10.9. The second kappa shape index (κ2) is 8.46. The van der Waals surface area contributed by atoms with Crippen LogP contribution in [0.25, 0.3) is 5.65 Å². The van der Waals surface area contributed by atoms with E-state index in [1.165, 1.54) is 6.42 Å². The summed E-state index contributed by atoms with van der Waals surface area (Å²) < 4.78 is 2.56. The summed E-state index contributed by atoms with van der Waals surface area (Å²) in [6.07, 6.45) is 9.11. The van der Waals surface area contributed by atoms with E-state index in [1.807, 2.05) is 6.07 Å². The van der Waals surface area contributed by atoms with Crippen molar-refractivity contribution < 1.29 is 5.11 Å². The lowest BCUT2D eigenvalue weighted by molar-refractivity contribution is 0.262. The van der Waals surface area contributed by atoms with Gasteiger partial charge in [0.25, 0.3) is 0 Å². The first kappa shape index (κ1) is 18.6. The van der Waals surface area contributed by atoms with Crippen LogP contribution in [0.1, 0.15) is 25.7 Å². The number of nitrogens with one attached hydrogen (secondary N) is 1. The Kier molecular flexibility index (Phi) is 6.05. The topological polar surface area (TPSA) is 78.0 Å². The van der Waals surface area contributed by atoms with Gasteiger partial charge in [0.15, 0.2) is 5.65 Å². The molecule has 3 rings (SSSR count). The zero-order chi connectivity index (χ0) is 18.5. The van der Waals surface area contributed by atoms with Crippen LogP contribution in [0.5, 0.6) is 0 Å². The molecule has 0 aliphatic carbocycles. The molecule has 26 heavy (non-hydrogen) atoms. The van der Waals surface area contributed by atoms with Gasteiger partial charge in [0.1, 0.15) is 11.6 Å². The number of fused-ring (bicyclic) bond motifs is 1. The van der Waals surface area contributed by atoms with Crippen molar-refractivity contribution in [3.63, 3.8) is 0 Å². The molecule has 1 fully saturated rings. The first-order valence-corrected chi connectivity index (χ1v) is 9.44. The van der Waals surface area contributed by atoms with Crippen LogP contribution in [0.15, 0.2) is 46.3 Å². The summed E-state index contributed by atoms with van der Waals surface area (Å²) in [6.45, 7) is 8.40. The Hall–Kier alpha value is -2.19. The lowest BCUT2D eigenvalue weighted by Crippen LogP contribution is -2.40. The Morgan fingerprint density at radius 1 is 1.50 bits per heavy atom. The van der Waals surface area contributed by atoms with Gasteiger partial charge in [0.2, 0.25) is 0 Å². The first-order chi connectivity index (χ1) is 12.7.